The minimum atomic E-state index is -3.86. The van der Waals surface area contributed by atoms with Crippen LogP contribution >= 0.6 is 31.9 Å². The fourth-order valence-corrected chi connectivity index (χ4v) is 5.73. The number of carbonyl (C=O) groups excluding carboxylic acids is 1. The van der Waals surface area contributed by atoms with Gasteiger partial charge in [-0.05, 0) is 50.4 Å². The molecule has 1 rings (SSSR count). The normalized spacial score (nSPS) is 11.8. The fraction of sp³-hybridized carbons (Fsp3) is 0.417. The molecule has 1 aromatic rings. The molecule has 0 saturated carbocycles. The number of nitrogens with two attached hydrogens (primary N) is 2. The number of rotatable bonds is 7. The minimum absolute atomic E-state index is 0.0362. The molecule has 0 aliphatic heterocycles. The van der Waals surface area contributed by atoms with Gasteiger partial charge in [-0.15, -0.1) is 0 Å². The van der Waals surface area contributed by atoms with E-state index in [4.69, 9.17) is 11.5 Å². The topological polar surface area (TPSA) is 106 Å². The Morgan fingerprint density at radius 2 is 1.81 bits per heavy atom. The lowest BCUT2D eigenvalue weighted by Crippen LogP contribution is -2.39. The Labute approximate surface area is 141 Å². The van der Waals surface area contributed by atoms with Gasteiger partial charge in [0, 0.05) is 21.2 Å². The minimum Gasteiger partial charge on any atom is -0.399 e. The highest BCUT2D eigenvalue weighted by Crippen LogP contribution is 2.34. The van der Waals surface area contributed by atoms with Gasteiger partial charge in [0.1, 0.15) is 4.90 Å². The Morgan fingerprint density at radius 1 is 1.29 bits per heavy atom. The summed E-state index contributed by atoms with van der Waals surface area (Å²) < 4.78 is 27.2. The van der Waals surface area contributed by atoms with Crippen molar-refractivity contribution in [2.24, 2.45) is 5.73 Å². The third kappa shape index (κ3) is 4.67. The van der Waals surface area contributed by atoms with Crippen LogP contribution in [0.25, 0.3) is 0 Å². The molecular formula is C12H17Br2N3O3S. The van der Waals surface area contributed by atoms with Gasteiger partial charge in [0.05, 0.1) is 6.54 Å². The molecule has 118 valence electrons. The highest BCUT2D eigenvalue weighted by atomic mass is 79.9. The number of nitrogen functional groups attached to an aromatic ring is 1. The van der Waals surface area contributed by atoms with Crippen LogP contribution in [-0.4, -0.2) is 31.7 Å². The first-order chi connectivity index (χ1) is 9.70. The van der Waals surface area contributed by atoms with E-state index in [1.54, 1.807) is 0 Å². The monoisotopic (exact) mass is 441 g/mol. The molecule has 0 saturated heterocycles. The first-order valence-electron chi connectivity index (χ1n) is 6.23. The van der Waals surface area contributed by atoms with E-state index in [0.29, 0.717) is 21.1 Å². The molecule has 0 fully saturated rings. The van der Waals surface area contributed by atoms with E-state index in [1.807, 2.05) is 6.92 Å². The molecule has 0 aliphatic rings. The van der Waals surface area contributed by atoms with Crippen molar-refractivity contribution in [3.63, 3.8) is 0 Å². The largest absolute Gasteiger partial charge is 0.399 e. The third-order valence-electron chi connectivity index (χ3n) is 2.71. The second kappa shape index (κ2) is 7.57. The molecule has 0 atom stereocenters. The molecule has 0 heterocycles. The lowest BCUT2D eigenvalue weighted by Gasteiger charge is -2.22. The van der Waals surface area contributed by atoms with E-state index >= 15 is 0 Å². The SMILES string of the molecule is CCCCN(CC(N)=O)S(=O)(=O)c1c(Br)cc(N)cc1Br. The molecule has 6 nitrogen and oxygen atoms in total. The average molecular weight is 443 g/mol. The van der Waals surface area contributed by atoms with Crippen LogP contribution in [0.15, 0.2) is 26.0 Å². The van der Waals surface area contributed by atoms with Gasteiger partial charge in [-0.2, -0.15) is 4.31 Å². The highest BCUT2D eigenvalue weighted by Gasteiger charge is 2.29. The zero-order chi connectivity index (χ0) is 16.2. The number of unbranched alkanes of at least 4 members (excludes halogenated alkanes) is 1. The Hall–Kier alpha value is -0.640. The van der Waals surface area contributed by atoms with Crippen molar-refractivity contribution in [2.45, 2.75) is 24.7 Å². The van der Waals surface area contributed by atoms with Crippen LogP contribution in [0.2, 0.25) is 0 Å². The quantitative estimate of drug-likeness (QED) is 0.630. The summed E-state index contributed by atoms with van der Waals surface area (Å²) >= 11 is 6.41. The van der Waals surface area contributed by atoms with E-state index in [-0.39, 0.29) is 18.0 Å². The van der Waals surface area contributed by atoms with E-state index in [2.05, 4.69) is 31.9 Å². The van der Waals surface area contributed by atoms with Crippen LogP contribution in [0.4, 0.5) is 5.69 Å². The van der Waals surface area contributed by atoms with Gasteiger partial charge in [-0.1, -0.05) is 13.3 Å². The van der Waals surface area contributed by atoms with Crippen molar-refractivity contribution in [3.8, 4) is 0 Å². The summed E-state index contributed by atoms with van der Waals surface area (Å²) in [6.45, 7) is 1.81. The van der Waals surface area contributed by atoms with Gasteiger partial charge < -0.3 is 11.5 Å². The zero-order valence-corrected chi connectivity index (χ0v) is 15.5. The fourth-order valence-electron chi connectivity index (χ4n) is 1.75. The van der Waals surface area contributed by atoms with E-state index in [1.165, 1.54) is 12.1 Å². The molecule has 0 radical (unpaired) electrons. The Bertz CT molecular complexity index is 612. The number of benzene rings is 1. The number of halogens is 2. The first-order valence-corrected chi connectivity index (χ1v) is 9.25. The molecule has 21 heavy (non-hydrogen) atoms. The van der Waals surface area contributed by atoms with Crippen molar-refractivity contribution >= 4 is 53.5 Å². The molecule has 9 heteroatoms. The van der Waals surface area contributed by atoms with Gasteiger partial charge in [0.15, 0.2) is 0 Å². The van der Waals surface area contributed by atoms with Crippen molar-refractivity contribution in [2.75, 3.05) is 18.8 Å². The van der Waals surface area contributed by atoms with Crippen LogP contribution in [-0.2, 0) is 14.8 Å². The second-order valence-electron chi connectivity index (χ2n) is 4.47. The predicted molar refractivity (Wildman–Crippen MR) is 89.1 cm³/mol. The predicted octanol–water partition coefficient (Wildman–Crippen LogP) is 2.07. The van der Waals surface area contributed by atoms with Crippen molar-refractivity contribution < 1.29 is 13.2 Å². The van der Waals surface area contributed by atoms with E-state index < -0.39 is 15.9 Å². The summed E-state index contributed by atoms with van der Waals surface area (Å²) in [6, 6.07) is 3.00. The van der Waals surface area contributed by atoms with E-state index in [0.717, 1.165) is 10.7 Å². The van der Waals surface area contributed by atoms with Gasteiger partial charge in [0.25, 0.3) is 0 Å². The number of hydrogen-bond donors (Lipinski definition) is 2. The van der Waals surface area contributed by atoms with Crippen molar-refractivity contribution in [1.82, 2.24) is 4.31 Å². The summed E-state index contributed by atoms with van der Waals surface area (Å²) in [6.07, 6.45) is 1.44. The van der Waals surface area contributed by atoms with Gasteiger partial charge >= 0.3 is 0 Å². The van der Waals surface area contributed by atoms with E-state index in [9.17, 15) is 13.2 Å². The summed E-state index contributed by atoms with van der Waals surface area (Å²) in [7, 11) is -3.86. The van der Waals surface area contributed by atoms with Crippen LogP contribution in [0.1, 0.15) is 19.8 Å². The van der Waals surface area contributed by atoms with Crippen LogP contribution in [0.5, 0.6) is 0 Å². The lowest BCUT2D eigenvalue weighted by atomic mass is 10.3. The number of amides is 1. The maximum absolute atomic E-state index is 12.7. The maximum Gasteiger partial charge on any atom is 0.245 e. The number of sulfonamides is 1. The van der Waals surface area contributed by atoms with Crippen LogP contribution in [0.3, 0.4) is 0 Å². The van der Waals surface area contributed by atoms with Gasteiger partial charge in [-0.25, -0.2) is 8.42 Å². The lowest BCUT2D eigenvalue weighted by molar-refractivity contribution is -0.118. The Kier molecular flexibility index (Phi) is 6.64. The number of hydrogen-bond acceptors (Lipinski definition) is 4. The maximum atomic E-state index is 12.7. The summed E-state index contributed by atoms with van der Waals surface area (Å²) in [4.78, 5) is 11.2. The Balaban J connectivity index is 3.31. The first kappa shape index (κ1) is 18.4. The molecule has 4 N–H and O–H groups in total. The average Bonchev–Trinajstić information content (AvgIpc) is 2.32. The molecular weight excluding hydrogens is 426 g/mol. The van der Waals surface area contributed by atoms with Crippen LogP contribution in [0, 0.1) is 0 Å². The molecule has 1 aromatic carbocycles. The zero-order valence-electron chi connectivity index (χ0n) is 11.5. The van der Waals surface area contributed by atoms with Crippen molar-refractivity contribution in [1.29, 1.82) is 0 Å². The number of primary amides is 1. The number of anilines is 1. The summed E-state index contributed by atoms with van der Waals surface area (Å²) in [5.74, 6) is -0.697. The number of nitrogens with zero attached hydrogens (tertiary/aromatic N) is 1. The number of carbonyl (C=O) groups is 1. The Morgan fingerprint density at radius 3 is 2.24 bits per heavy atom. The van der Waals surface area contributed by atoms with Crippen molar-refractivity contribution in [3.05, 3.63) is 21.1 Å². The molecule has 1 amide bonds. The molecule has 0 aromatic heterocycles. The second-order valence-corrected chi connectivity index (χ2v) is 8.06. The summed E-state index contributed by atoms with van der Waals surface area (Å²) in [5, 5.41) is 0. The third-order valence-corrected chi connectivity index (χ3v) is 6.43. The standard InChI is InChI=1S/C12H17Br2N3O3S/c1-2-3-4-17(7-11(16)18)21(19,20)12-9(13)5-8(15)6-10(12)14/h5-6H,2-4,7,15H2,1H3,(H2,16,18). The molecule has 0 spiro atoms. The van der Waals surface area contributed by atoms with Gasteiger partial charge in [0.2, 0.25) is 15.9 Å². The van der Waals surface area contributed by atoms with Crippen LogP contribution < -0.4 is 11.5 Å². The summed E-state index contributed by atoms with van der Waals surface area (Å²) in [5.41, 5.74) is 11.2. The molecule has 0 aliphatic carbocycles. The smallest absolute Gasteiger partial charge is 0.245 e. The molecule has 0 unspecified atom stereocenters. The molecule has 0 bridgehead atoms. The van der Waals surface area contributed by atoms with Gasteiger partial charge in [-0.3, -0.25) is 4.79 Å². The highest BCUT2D eigenvalue weighted by molar-refractivity contribution is 9.11.